The molecule has 1 saturated heterocycles. The summed E-state index contributed by atoms with van der Waals surface area (Å²) in [5.74, 6) is 2.17. The Morgan fingerprint density at radius 2 is 1.91 bits per heavy atom. The molecule has 2 rings (SSSR count). The first kappa shape index (κ1) is 18.1. The normalized spacial score (nSPS) is 25.6. The van der Waals surface area contributed by atoms with Crippen LogP contribution in [0.2, 0.25) is 0 Å². The SMILES string of the molecule is CCCC1CC1NC(=NCC)NC1CCN(C(=O)C(C)C)CC1. The zero-order valence-electron chi connectivity index (χ0n) is 15.3. The zero-order valence-corrected chi connectivity index (χ0v) is 15.3. The third-order valence-electron chi connectivity index (χ3n) is 4.86. The molecular weight excluding hydrogens is 288 g/mol. The molecule has 2 atom stereocenters. The van der Waals surface area contributed by atoms with Crippen LogP contribution in [0.5, 0.6) is 0 Å². The molecule has 0 aromatic rings. The monoisotopic (exact) mass is 322 g/mol. The Morgan fingerprint density at radius 3 is 2.48 bits per heavy atom. The highest BCUT2D eigenvalue weighted by molar-refractivity contribution is 5.81. The summed E-state index contributed by atoms with van der Waals surface area (Å²) in [6.45, 7) is 10.8. The zero-order chi connectivity index (χ0) is 16.8. The van der Waals surface area contributed by atoms with Crippen LogP contribution < -0.4 is 10.6 Å². The molecule has 0 spiro atoms. The van der Waals surface area contributed by atoms with Gasteiger partial charge < -0.3 is 15.5 Å². The second-order valence-corrected chi connectivity index (χ2v) is 7.26. The van der Waals surface area contributed by atoms with Crippen molar-refractivity contribution in [3.63, 3.8) is 0 Å². The van der Waals surface area contributed by atoms with Gasteiger partial charge in [0.15, 0.2) is 5.96 Å². The maximum Gasteiger partial charge on any atom is 0.225 e. The summed E-state index contributed by atoms with van der Waals surface area (Å²) in [7, 11) is 0. The number of guanidine groups is 1. The number of carbonyl (C=O) groups excluding carboxylic acids is 1. The van der Waals surface area contributed by atoms with Crippen molar-refractivity contribution in [2.75, 3.05) is 19.6 Å². The van der Waals surface area contributed by atoms with Gasteiger partial charge in [-0.05, 0) is 38.5 Å². The van der Waals surface area contributed by atoms with Gasteiger partial charge in [0.2, 0.25) is 5.91 Å². The van der Waals surface area contributed by atoms with Gasteiger partial charge in [0.25, 0.3) is 0 Å². The number of carbonyl (C=O) groups is 1. The second-order valence-electron chi connectivity index (χ2n) is 7.26. The van der Waals surface area contributed by atoms with Crippen LogP contribution in [0.1, 0.15) is 59.8 Å². The highest BCUT2D eigenvalue weighted by Gasteiger charge is 2.37. The van der Waals surface area contributed by atoms with Gasteiger partial charge in [-0.25, -0.2) is 0 Å². The lowest BCUT2D eigenvalue weighted by Crippen LogP contribution is -2.51. The molecule has 1 saturated carbocycles. The first-order chi connectivity index (χ1) is 11.0. The average molecular weight is 322 g/mol. The van der Waals surface area contributed by atoms with E-state index in [1.807, 2.05) is 18.7 Å². The number of likely N-dealkylation sites (tertiary alicyclic amines) is 1. The summed E-state index contributed by atoms with van der Waals surface area (Å²) in [5.41, 5.74) is 0. The molecule has 23 heavy (non-hydrogen) atoms. The largest absolute Gasteiger partial charge is 0.354 e. The Hall–Kier alpha value is -1.26. The summed E-state index contributed by atoms with van der Waals surface area (Å²) < 4.78 is 0. The van der Waals surface area contributed by atoms with Crippen LogP contribution in [0.25, 0.3) is 0 Å². The average Bonchev–Trinajstić information content (AvgIpc) is 3.25. The highest BCUT2D eigenvalue weighted by atomic mass is 16.2. The molecule has 1 heterocycles. The van der Waals surface area contributed by atoms with E-state index in [1.165, 1.54) is 19.3 Å². The van der Waals surface area contributed by atoms with Crippen LogP contribution in [-0.4, -0.2) is 48.5 Å². The van der Waals surface area contributed by atoms with Crippen LogP contribution in [0.3, 0.4) is 0 Å². The van der Waals surface area contributed by atoms with E-state index in [1.54, 1.807) is 0 Å². The maximum absolute atomic E-state index is 12.1. The van der Waals surface area contributed by atoms with Gasteiger partial charge in [-0.1, -0.05) is 27.2 Å². The third kappa shape index (κ3) is 5.40. The molecule has 132 valence electrons. The lowest BCUT2D eigenvalue weighted by Gasteiger charge is -2.34. The summed E-state index contributed by atoms with van der Waals surface area (Å²) in [6, 6.07) is 1.03. The molecule has 1 amide bonds. The van der Waals surface area contributed by atoms with Crippen molar-refractivity contribution in [3.8, 4) is 0 Å². The van der Waals surface area contributed by atoms with E-state index in [9.17, 15) is 4.79 Å². The van der Waals surface area contributed by atoms with Crippen molar-refractivity contribution in [1.29, 1.82) is 0 Å². The fraction of sp³-hybridized carbons (Fsp3) is 0.889. The smallest absolute Gasteiger partial charge is 0.225 e. The quantitative estimate of drug-likeness (QED) is 0.583. The van der Waals surface area contributed by atoms with Crippen molar-refractivity contribution >= 4 is 11.9 Å². The Balaban J connectivity index is 1.76. The first-order valence-corrected chi connectivity index (χ1v) is 9.41. The van der Waals surface area contributed by atoms with E-state index in [-0.39, 0.29) is 11.8 Å². The number of nitrogens with one attached hydrogen (secondary N) is 2. The summed E-state index contributed by atoms with van der Waals surface area (Å²) >= 11 is 0. The number of piperidine rings is 1. The van der Waals surface area contributed by atoms with Crippen molar-refractivity contribution in [1.82, 2.24) is 15.5 Å². The number of nitrogens with zero attached hydrogens (tertiary/aromatic N) is 2. The van der Waals surface area contributed by atoms with Gasteiger partial charge in [0.05, 0.1) is 0 Å². The fourth-order valence-corrected chi connectivity index (χ4v) is 3.38. The standard InChI is InChI=1S/C18H34N4O/c1-5-7-14-12-16(14)21-18(19-6-2)20-15-8-10-22(11-9-15)17(23)13(3)4/h13-16H,5-12H2,1-4H3,(H2,19,20,21). The van der Waals surface area contributed by atoms with E-state index >= 15 is 0 Å². The Labute approximate surface area is 141 Å². The molecule has 0 aromatic heterocycles. The van der Waals surface area contributed by atoms with Crippen molar-refractivity contribution in [2.45, 2.75) is 71.9 Å². The van der Waals surface area contributed by atoms with Gasteiger partial charge in [0.1, 0.15) is 0 Å². The van der Waals surface area contributed by atoms with E-state index in [2.05, 4.69) is 29.5 Å². The Morgan fingerprint density at radius 1 is 1.22 bits per heavy atom. The molecule has 5 heteroatoms. The van der Waals surface area contributed by atoms with Crippen molar-refractivity contribution in [2.24, 2.45) is 16.8 Å². The molecule has 5 nitrogen and oxygen atoms in total. The predicted molar refractivity (Wildman–Crippen MR) is 95.5 cm³/mol. The van der Waals surface area contributed by atoms with E-state index < -0.39 is 0 Å². The second kappa shape index (κ2) is 8.55. The molecule has 1 aliphatic heterocycles. The number of aliphatic imine (C=N–C) groups is 1. The molecule has 0 radical (unpaired) electrons. The minimum atomic E-state index is 0.101. The van der Waals surface area contributed by atoms with E-state index in [0.29, 0.717) is 12.1 Å². The minimum absolute atomic E-state index is 0.101. The first-order valence-electron chi connectivity index (χ1n) is 9.41. The van der Waals surface area contributed by atoms with Crippen LogP contribution in [0, 0.1) is 11.8 Å². The molecule has 2 N–H and O–H groups in total. The molecule has 0 aromatic carbocycles. The molecule has 2 fully saturated rings. The van der Waals surface area contributed by atoms with Gasteiger partial charge >= 0.3 is 0 Å². The molecule has 0 bridgehead atoms. The number of amides is 1. The van der Waals surface area contributed by atoms with Gasteiger partial charge in [0, 0.05) is 37.6 Å². The molecule has 2 aliphatic rings. The molecule has 2 unspecified atom stereocenters. The Bertz CT molecular complexity index is 413. The highest BCUT2D eigenvalue weighted by Crippen LogP contribution is 2.34. The maximum atomic E-state index is 12.1. The van der Waals surface area contributed by atoms with Crippen LogP contribution in [0.15, 0.2) is 4.99 Å². The molecule has 1 aliphatic carbocycles. The summed E-state index contributed by atoms with van der Waals surface area (Å²) in [5, 5.41) is 7.17. The fourth-order valence-electron chi connectivity index (χ4n) is 3.38. The van der Waals surface area contributed by atoms with Crippen LogP contribution >= 0.6 is 0 Å². The Kier molecular flexibility index (Phi) is 6.72. The topological polar surface area (TPSA) is 56.7 Å². The van der Waals surface area contributed by atoms with Gasteiger partial charge in [-0.2, -0.15) is 0 Å². The van der Waals surface area contributed by atoms with Crippen LogP contribution in [-0.2, 0) is 4.79 Å². The van der Waals surface area contributed by atoms with Gasteiger partial charge in [-0.15, -0.1) is 0 Å². The predicted octanol–water partition coefficient (Wildman–Crippen LogP) is 2.38. The number of hydrogen-bond donors (Lipinski definition) is 2. The van der Waals surface area contributed by atoms with Crippen molar-refractivity contribution < 1.29 is 4.79 Å². The van der Waals surface area contributed by atoms with Crippen molar-refractivity contribution in [3.05, 3.63) is 0 Å². The van der Waals surface area contributed by atoms with E-state index in [0.717, 1.165) is 44.4 Å². The van der Waals surface area contributed by atoms with Gasteiger partial charge in [-0.3, -0.25) is 9.79 Å². The lowest BCUT2D eigenvalue weighted by molar-refractivity contribution is -0.135. The van der Waals surface area contributed by atoms with Crippen LogP contribution in [0.4, 0.5) is 0 Å². The molecular formula is C18H34N4O. The third-order valence-corrected chi connectivity index (χ3v) is 4.86. The number of hydrogen-bond acceptors (Lipinski definition) is 2. The summed E-state index contributed by atoms with van der Waals surface area (Å²) in [4.78, 5) is 18.6. The summed E-state index contributed by atoms with van der Waals surface area (Å²) in [6.07, 6.45) is 5.86. The lowest BCUT2D eigenvalue weighted by atomic mass is 10.0. The minimum Gasteiger partial charge on any atom is -0.354 e. The van der Waals surface area contributed by atoms with E-state index in [4.69, 9.17) is 0 Å². The number of rotatable bonds is 6.